The molecule has 1 atom stereocenters. The SMILES string of the molecule is CSc1cc(C2=NC(C)(C)CS2)ccc1Nc1cc(Cl)nc2c1nc(C(F)F)n2PI. The van der Waals surface area contributed by atoms with Crippen molar-refractivity contribution in [2.24, 2.45) is 4.99 Å². The van der Waals surface area contributed by atoms with Gasteiger partial charge < -0.3 is 5.32 Å². The third-order valence-corrected chi connectivity index (χ3v) is 9.05. The number of pyridine rings is 1. The lowest BCUT2D eigenvalue weighted by molar-refractivity contribution is 0.140. The Morgan fingerprint density at radius 3 is 2.68 bits per heavy atom. The summed E-state index contributed by atoms with van der Waals surface area (Å²) in [5.74, 6) is 0.650. The molecule has 1 aliphatic rings. The molecule has 0 fully saturated rings. The van der Waals surface area contributed by atoms with E-state index in [4.69, 9.17) is 16.6 Å². The van der Waals surface area contributed by atoms with Gasteiger partial charge in [0, 0.05) is 22.3 Å². The van der Waals surface area contributed by atoms with Crippen molar-refractivity contribution in [1.29, 1.82) is 0 Å². The van der Waals surface area contributed by atoms with Gasteiger partial charge in [0.05, 0.1) is 28.3 Å². The van der Waals surface area contributed by atoms with E-state index in [0.717, 1.165) is 26.9 Å². The molecule has 0 saturated heterocycles. The number of rotatable bonds is 6. The minimum absolute atomic E-state index is 0.0301. The highest BCUT2D eigenvalue weighted by Crippen LogP contribution is 2.40. The Labute approximate surface area is 206 Å². The van der Waals surface area contributed by atoms with Crippen molar-refractivity contribution in [3.05, 3.63) is 40.8 Å². The molecule has 0 amide bonds. The zero-order valence-corrected chi connectivity index (χ0v) is 22.3. The van der Waals surface area contributed by atoms with E-state index in [2.05, 4.69) is 35.2 Å². The third kappa shape index (κ3) is 4.83. The summed E-state index contributed by atoms with van der Waals surface area (Å²) in [6.07, 6.45) is -0.672. The van der Waals surface area contributed by atoms with Crippen molar-refractivity contribution >= 4 is 91.1 Å². The lowest BCUT2D eigenvalue weighted by Crippen LogP contribution is -2.15. The van der Waals surface area contributed by atoms with Gasteiger partial charge in [0.1, 0.15) is 10.7 Å². The van der Waals surface area contributed by atoms with Gasteiger partial charge in [-0.25, -0.2) is 18.7 Å². The smallest absolute Gasteiger partial charge is 0.295 e. The Balaban J connectivity index is 1.75. The second-order valence-electron chi connectivity index (χ2n) is 7.41. The first-order valence-electron chi connectivity index (χ1n) is 9.14. The van der Waals surface area contributed by atoms with Gasteiger partial charge in [-0.1, -0.05) is 17.7 Å². The normalized spacial score (nSPS) is 16.1. The Kier molecular flexibility index (Phi) is 7.03. The van der Waals surface area contributed by atoms with Gasteiger partial charge in [-0.15, -0.1) is 23.5 Å². The van der Waals surface area contributed by atoms with E-state index in [-0.39, 0.29) is 22.9 Å². The summed E-state index contributed by atoms with van der Waals surface area (Å²) < 4.78 is 28.4. The number of nitrogens with zero attached hydrogens (tertiary/aromatic N) is 4. The number of fused-ring (bicyclic) bond motifs is 1. The fourth-order valence-corrected chi connectivity index (χ4v) is 6.99. The highest BCUT2D eigenvalue weighted by molar-refractivity contribution is 14.2. The summed E-state index contributed by atoms with van der Waals surface area (Å²) in [7, 11) is 0. The molecule has 3 aromatic rings. The molecule has 4 rings (SSSR count). The number of thioether (sulfide) groups is 2. The molecule has 1 aromatic carbocycles. The zero-order valence-electron chi connectivity index (χ0n) is 16.7. The topological polar surface area (TPSA) is 55.1 Å². The molecule has 0 aliphatic carbocycles. The van der Waals surface area contributed by atoms with Gasteiger partial charge in [0.25, 0.3) is 6.43 Å². The predicted molar refractivity (Wildman–Crippen MR) is 140 cm³/mol. The number of anilines is 2. The standard InChI is InChI=1S/C19H18ClF2IN5PS2/c1-19(2)8-31-18(27-19)9-4-5-10(12(6-9)30-3)24-11-7-13(20)25-16-14(11)26-17(15(21)22)28(16)29-23/h4-7,15,29H,8H2,1-3H3,(H,24,25). The number of aromatic nitrogens is 3. The van der Waals surface area contributed by atoms with E-state index < -0.39 is 6.43 Å². The number of halogens is 4. The number of imidazole rings is 1. The van der Waals surface area contributed by atoms with Gasteiger partial charge >= 0.3 is 0 Å². The van der Waals surface area contributed by atoms with Crippen LogP contribution in [0.25, 0.3) is 11.2 Å². The zero-order chi connectivity index (χ0) is 22.3. The van der Waals surface area contributed by atoms with Crippen molar-refractivity contribution < 1.29 is 8.78 Å². The average molecular weight is 612 g/mol. The van der Waals surface area contributed by atoms with E-state index in [1.807, 2.05) is 40.4 Å². The quantitative estimate of drug-likeness (QED) is 0.135. The summed E-state index contributed by atoms with van der Waals surface area (Å²) >= 11 is 11.6. The van der Waals surface area contributed by atoms with Crippen LogP contribution in [0.15, 0.2) is 34.2 Å². The van der Waals surface area contributed by atoms with Crippen molar-refractivity contribution in [2.45, 2.75) is 30.7 Å². The van der Waals surface area contributed by atoms with Crippen LogP contribution in [0.1, 0.15) is 31.7 Å². The van der Waals surface area contributed by atoms with Crippen molar-refractivity contribution in [2.75, 3.05) is 17.3 Å². The first-order valence-corrected chi connectivity index (χ1v) is 15.8. The predicted octanol–water partition coefficient (Wildman–Crippen LogP) is 7.55. The van der Waals surface area contributed by atoms with Crippen molar-refractivity contribution in [3.63, 3.8) is 0 Å². The molecule has 12 heteroatoms. The number of nitrogens with one attached hydrogen (secondary N) is 1. The summed E-state index contributed by atoms with van der Waals surface area (Å²) in [6.45, 7) is 4.25. The van der Waals surface area contributed by atoms with Gasteiger partial charge in [-0.2, -0.15) is 0 Å². The van der Waals surface area contributed by atoms with Crippen molar-refractivity contribution in [3.8, 4) is 0 Å². The van der Waals surface area contributed by atoms with Crippen LogP contribution in [0, 0.1) is 0 Å². The number of benzene rings is 1. The van der Waals surface area contributed by atoms with Crippen LogP contribution in [0.3, 0.4) is 0 Å². The van der Waals surface area contributed by atoms with Crippen LogP contribution < -0.4 is 5.32 Å². The summed E-state index contributed by atoms with van der Waals surface area (Å²) in [5.41, 5.74) is 3.11. The van der Waals surface area contributed by atoms with Crippen LogP contribution in [0.5, 0.6) is 0 Å². The van der Waals surface area contributed by atoms with Crippen molar-refractivity contribution in [1.82, 2.24) is 14.3 Å². The highest BCUT2D eigenvalue weighted by Gasteiger charge is 2.26. The molecule has 1 aliphatic heterocycles. The molecule has 0 bridgehead atoms. The first-order chi connectivity index (χ1) is 14.7. The van der Waals surface area contributed by atoms with Gasteiger partial charge in [0.15, 0.2) is 11.5 Å². The molecule has 3 heterocycles. The summed E-state index contributed by atoms with van der Waals surface area (Å²) in [6, 6.07) is 7.70. The van der Waals surface area contributed by atoms with Gasteiger partial charge in [-0.3, -0.25) is 9.33 Å². The minimum Gasteiger partial charge on any atom is -0.353 e. The van der Waals surface area contributed by atoms with E-state index in [0.29, 0.717) is 16.9 Å². The molecule has 164 valence electrons. The highest BCUT2D eigenvalue weighted by atomic mass is 127. The van der Waals surface area contributed by atoms with Gasteiger partial charge in [0.2, 0.25) is 0 Å². The lowest BCUT2D eigenvalue weighted by Gasteiger charge is -2.13. The van der Waals surface area contributed by atoms with Crippen LogP contribution in [-0.2, 0) is 0 Å². The van der Waals surface area contributed by atoms with E-state index in [1.54, 1.807) is 29.6 Å². The summed E-state index contributed by atoms with van der Waals surface area (Å²) in [5, 5.41) is 4.58. The molecule has 31 heavy (non-hydrogen) atoms. The Bertz CT molecular complexity index is 1190. The number of alkyl halides is 2. The average Bonchev–Trinajstić information content (AvgIpc) is 3.28. The Morgan fingerprint density at radius 2 is 2.06 bits per heavy atom. The molecule has 1 N–H and O–H groups in total. The Morgan fingerprint density at radius 1 is 1.29 bits per heavy atom. The van der Waals surface area contributed by atoms with E-state index in [1.165, 1.54) is 4.34 Å². The van der Waals surface area contributed by atoms with E-state index in [9.17, 15) is 8.78 Å². The third-order valence-electron chi connectivity index (χ3n) is 4.57. The largest absolute Gasteiger partial charge is 0.353 e. The number of hydrogen-bond donors (Lipinski definition) is 1. The summed E-state index contributed by atoms with van der Waals surface area (Å²) in [4.78, 5) is 14.2. The van der Waals surface area contributed by atoms with Gasteiger partial charge in [-0.05, 0) is 54.3 Å². The second kappa shape index (κ2) is 9.29. The van der Waals surface area contributed by atoms with Crippen LogP contribution in [0.2, 0.25) is 5.15 Å². The molecule has 0 radical (unpaired) electrons. The number of hydrogen-bond acceptors (Lipinski definition) is 6. The first kappa shape index (κ1) is 23.5. The molecule has 0 spiro atoms. The molecule has 2 aromatic heterocycles. The molecule has 1 unspecified atom stereocenters. The van der Waals surface area contributed by atoms with Crippen LogP contribution in [-0.4, -0.2) is 36.9 Å². The molecular weight excluding hydrogens is 594 g/mol. The number of aliphatic imine (C=N–C) groups is 1. The fourth-order valence-electron chi connectivity index (χ4n) is 3.16. The Hall–Kier alpha value is -0.680. The molecule has 5 nitrogen and oxygen atoms in total. The fraction of sp³-hybridized carbons (Fsp3) is 0.316. The maximum absolute atomic E-state index is 13.5. The minimum atomic E-state index is -2.70. The lowest BCUT2D eigenvalue weighted by atomic mass is 10.1. The van der Waals surface area contributed by atoms with Crippen LogP contribution in [0.4, 0.5) is 20.2 Å². The maximum atomic E-state index is 13.5. The molecular formula is C19H18ClF2IN5PS2. The second-order valence-corrected chi connectivity index (χ2v) is 11.7. The van der Waals surface area contributed by atoms with E-state index >= 15 is 0 Å². The maximum Gasteiger partial charge on any atom is 0.295 e. The monoisotopic (exact) mass is 611 g/mol. The van der Waals surface area contributed by atoms with Crippen LogP contribution >= 0.6 is 63.5 Å². The molecule has 0 saturated carbocycles.